The summed E-state index contributed by atoms with van der Waals surface area (Å²) >= 11 is 10.9. The number of hydrogen-bond acceptors (Lipinski definition) is 2. The van der Waals surface area contributed by atoms with Gasteiger partial charge in [-0.2, -0.15) is 0 Å². The molecule has 0 saturated carbocycles. The van der Waals surface area contributed by atoms with Gasteiger partial charge in [0.15, 0.2) is 0 Å². The summed E-state index contributed by atoms with van der Waals surface area (Å²) in [6.07, 6.45) is 0.865. The third-order valence-electron chi connectivity index (χ3n) is 1.80. The van der Waals surface area contributed by atoms with Gasteiger partial charge in [-0.1, -0.05) is 30.3 Å². The number of nitrogens with one attached hydrogen (secondary N) is 2. The molecule has 0 aliphatic rings. The highest BCUT2D eigenvalue weighted by Gasteiger charge is 2.06. The van der Waals surface area contributed by atoms with Gasteiger partial charge in [-0.05, 0) is 35.5 Å². The van der Waals surface area contributed by atoms with Crippen molar-refractivity contribution in [3.05, 3.63) is 35.9 Å². The SMILES string of the molecule is ClNC[C@H](Cc1ccccc1)NCl. The Kier molecular flexibility index (Phi) is 5.16. The molecule has 1 atom stereocenters. The van der Waals surface area contributed by atoms with Gasteiger partial charge in [0.25, 0.3) is 0 Å². The molecule has 0 amide bonds. The quantitative estimate of drug-likeness (QED) is 0.741. The second-order valence-electron chi connectivity index (χ2n) is 2.83. The highest BCUT2D eigenvalue weighted by molar-refractivity contribution is 6.14. The average Bonchev–Trinajstić information content (AvgIpc) is 2.19. The zero-order valence-electron chi connectivity index (χ0n) is 7.13. The maximum Gasteiger partial charge on any atom is 0.0399 e. The summed E-state index contributed by atoms with van der Waals surface area (Å²) < 4.78 is 0. The summed E-state index contributed by atoms with van der Waals surface area (Å²) in [5.74, 6) is 0. The minimum Gasteiger partial charge on any atom is -0.232 e. The zero-order chi connectivity index (χ0) is 9.52. The molecule has 4 heteroatoms. The molecule has 0 heterocycles. The van der Waals surface area contributed by atoms with E-state index in [0.29, 0.717) is 6.54 Å². The fourth-order valence-corrected chi connectivity index (χ4v) is 1.48. The lowest BCUT2D eigenvalue weighted by atomic mass is 10.1. The minimum absolute atomic E-state index is 0.154. The van der Waals surface area contributed by atoms with Crippen molar-refractivity contribution in [2.24, 2.45) is 0 Å². The summed E-state index contributed by atoms with van der Waals surface area (Å²) in [6.45, 7) is 0.639. The van der Waals surface area contributed by atoms with Gasteiger partial charge in [0.05, 0.1) is 0 Å². The fourth-order valence-electron chi connectivity index (χ4n) is 1.14. The van der Waals surface area contributed by atoms with Crippen molar-refractivity contribution >= 4 is 23.6 Å². The van der Waals surface area contributed by atoms with E-state index < -0.39 is 0 Å². The first-order valence-corrected chi connectivity index (χ1v) is 4.86. The smallest absolute Gasteiger partial charge is 0.0399 e. The van der Waals surface area contributed by atoms with Crippen LogP contribution in [0.5, 0.6) is 0 Å². The van der Waals surface area contributed by atoms with Crippen LogP contribution >= 0.6 is 23.6 Å². The van der Waals surface area contributed by atoms with E-state index in [9.17, 15) is 0 Å². The summed E-state index contributed by atoms with van der Waals surface area (Å²) in [4.78, 5) is 5.24. The standard InChI is InChI=1S/C9H12Cl2N2/c10-12-7-9(13-11)6-8-4-2-1-3-5-8/h1-5,9,12-13H,6-7H2/t9-/m0/s1. The molecule has 2 N–H and O–H groups in total. The van der Waals surface area contributed by atoms with Gasteiger partial charge in [0.1, 0.15) is 0 Å². The monoisotopic (exact) mass is 218 g/mol. The molecule has 0 aliphatic carbocycles. The summed E-state index contributed by atoms with van der Waals surface area (Å²) in [6, 6.07) is 10.3. The molecular weight excluding hydrogens is 207 g/mol. The Morgan fingerprint density at radius 2 is 1.85 bits per heavy atom. The van der Waals surface area contributed by atoms with Gasteiger partial charge in [0, 0.05) is 12.6 Å². The van der Waals surface area contributed by atoms with Gasteiger partial charge in [0.2, 0.25) is 0 Å². The molecule has 0 fully saturated rings. The summed E-state index contributed by atoms with van der Waals surface area (Å²) in [5.41, 5.74) is 1.24. The minimum atomic E-state index is 0.154. The Balaban J connectivity index is 2.46. The molecule has 0 aromatic heterocycles. The Morgan fingerprint density at radius 3 is 2.38 bits per heavy atom. The second kappa shape index (κ2) is 6.22. The van der Waals surface area contributed by atoms with Crippen LogP contribution in [0.4, 0.5) is 0 Å². The van der Waals surface area contributed by atoms with E-state index in [1.807, 2.05) is 18.2 Å². The molecular formula is C9H12Cl2N2. The van der Waals surface area contributed by atoms with Gasteiger partial charge < -0.3 is 0 Å². The van der Waals surface area contributed by atoms with Crippen molar-refractivity contribution in [3.8, 4) is 0 Å². The van der Waals surface area contributed by atoms with Crippen LogP contribution in [0.15, 0.2) is 30.3 Å². The van der Waals surface area contributed by atoms with Gasteiger partial charge in [-0.25, -0.2) is 9.67 Å². The predicted octanol–water partition coefficient (Wildman–Crippen LogP) is 2.08. The molecule has 0 saturated heterocycles. The van der Waals surface area contributed by atoms with Crippen molar-refractivity contribution in [2.75, 3.05) is 6.54 Å². The number of rotatable bonds is 5. The lowest BCUT2D eigenvalue weighted by Crippen LogP contribution is -2.32. The van der Waals surface area contributed by atoms with Gasteiger partial charge >= 0.3 is 0 Å². The molecule has 2 nitrogen and oxygen atoms in total. The molecule has 0 aliphatic heterocycles. The summed E-state index contributed by atoms with van der Waals surface area (Å²) in [7, 11) is 0. The first-order chi connectivity index (χ1) is 6.36. The third-order valence-corrected chi connectivity index (χ3v) is 2.27. The Labute approximate surface area is 88.5 Å². The van der Waals surface area contributed by atoms with Crippen LogP contribution in [0.1, 0.15) is 5.56 Å². The molecule has 72 valence electrons. The van der Waals surface area contributed by atoms with Crippen LogP contribution in [-0.2, 0) is 6.42 Å². The Morgan fingerprint density at radius 1 is 1.15 bits per heavy atom. The molecule has 0 bridgehead atoms. The van der Waals surface area contributed by atoms with E-state index in [-0.39, 0.29) is 6.04 Å². The van der Waals surface area contributed by atoms with E-state index in [2.05, 4.69) is 21.8 Å². The molecule has 0 spiro atoms. The molecule has 1 aromatic rings. The maximum atomic E-state index is 5.55. The van der Waals surface area contributed by atoms with E-state index >= 15 is 0 Å². The van der Waals surface area contributed by atoms with Crippen LogP contribution in [0, 0.1) is 0 Å². The van der Waals surface area contributed by atoms with Gasteiger partial charge in [-0.15, -0.1) is 0 Å². The van der Waals surface area contributed by atoms with Crippen LogP contribution < -0.4 is 9.67 Å². The lowest BCUT2D eigenvalue weighted by molar-refractivity contribution is 0.610. The van der Waals surface area contributed by atoms with Crippen molar-refractivity contribution < 1.29 is 0 Å². The molecule has 1 rings (SSSR count). The van der Waals surface area contributed by atoms with Crippen molar-refractivity contribution in [3.63, 3.8) is 0 Å². The number of benzene rings is 1. The normalized spacial score (nSPS) is 12.8. The van der Waals surface area contributed by atoms with E-state index in [0.717, 1.165) is 6.42 Å². The molecule has 0 radical (unpaired) electrons. The van der Waals surface area contributed by atoms with Crippen molar-refractivity contribution in [1.82, 2.24) is 9.67 Å². The average molecular weight is 219 g/mol. The Bertz CT molecular complexity index is 228. The Hall–Kier alpha value is -0.280. The van der Waals surface area contributed by atoms with E-state index in [4.69, 9.17) is 23.6 Å². The molecule has 1 aromatic carbocycles. The van der Waals surface area contributed by atoms with Crippen LogP contribution in [0.3, 0.4) is 0 Å². The first kappa shape index (κ1) is 10.8. The lowest BCUT2D eigenvalue weighted by Gasteiger charge is -2.12. The summed E-state index contributed by atoms with van der Waals surface area (Å²) in [5, 5.41) is 0. The number of hydrogen-bond donors (Lipinski definition) is 2. The first-order valence-electron chi connectivity index (χ1n) is 4.10. The van der Waals surface area contributed by atoms with Crippen LogP contribution in [-0.4, -0.2) is 12.6 Å². The molecule has 13 heavy (non-hydrogen) atoms. The zero-order valence-corrected chi connectivity index (χ0v) is 8.65. The molecule has 0 unspecified atom stereocenters. The van der Waals surface area contributed by atoms with Crippen LogP contribution in [0.2, 0.25) is 0 Å². The van der Waals surface area contributed by atoms with Crippen molar-refractivity contribution in [2.45, 2.75) is 12.5 Å². The number of halogens is 2. The maximum absolute atomic E-state index is 5.55. The highest BCUT2D eigenvalue weighted by atomic mass is 35.5. The topological polar surface area (TPSA) is 24.1 Å². The van der Waals surface area contributed by atoms with Crippen molar-refractivity contribution in [1.29, 1.82) is 0 Å². The predicted molar refractivity (Wildman–Crippen MR) is 56.8 cm³/mol. The third kappa shape index (κ3) is 3.96. The van der Waals surface area contributed by atoms with Crippen LogP contribution in [0.25, 0.3) is 0 Å². The highest BCUT2D eigenvalue weighted by Crippen LogP contribution is 2.03. The second-order valence-corrected chi connectivity index (χ2v) is 3.32. The van der Waals surface area contributed by atoms with E-state index in [1.54, 1.807) is 0 Å². The fraction of sp³-hybridized carbons (Fsp3) is 0.333. The van der Waals surface area contributed by atoms with Gasteiger partial charge in [-0.3, -0.25) is 0 Å². The largest absolute Gasteiger partial charge is 0.232 e. The van der Waals surface area contributed by atoms with E-state index in [1.165, 1.54) is 5.56 Å².